The summed E-state index contributed by atoms with van der Waals surface area (Å²) in [6, 6.07) is 20.4. The van der Waals surface area contributed by atoms with Crippen LogP contribution in [-0.2, 0) is 0 Å². The van der Waals surface area contributed by atoms with Crippen molar-refractivity contribution in [3.63, 3.8) is 0 Å². The number of carbonyl (C=O) groups excluding carboxylic acids is 1. The summed E-state index contributed by atoms with van der Waals surface area (Å²) in [5.74, 6) is 1.32. The Kier molecular flexibility index (Phi) is 8.07. The van der Waals surface area contributed by atoms with Gasteiger partial charge in [0, 0.05) is 17.0 Å². The zero-order chi connectivity index (χ0) is 22.1. The van der Waals surface area contributed by atoms with Crippen LogP contribution in [0.3, 0.4) is 0 Å². The van der Waals surface area contributed by atoms with Gasteiger partial charge in [-0.1, -0.05) is 41.9 Å². The molecule has 0 spiro atoms. The Bertz CT molecular complexity index is 1070. The second-order valence-electron chi connectivity index (χ2n) is 7.10. The summed E-state index contributed by atoms with van der Waals surface area (Å²) in [6.07, 6.45) is 2.33. The highest BCUT2D eigenvalue weighted by Gasteiger charge is 2.04. The number of hydrogen-bond acceptors (Lipinski definition) is 4. The Labute approximate surface area is 187 Å². The van der Waals surface area contributed by atoms with E-state index in [0.29, 0.717) is 23.8 Å². The quantitative estimate of drug-likeness (QED) is 0.271. The highest BCUT2D eigenvalue weighted by Crippen LogP contribution is 2.19. The average Bonchev–Trinajstić information content (AvgIpc) is 2.76. The van der Waals surface area contributed by atoms with Crippen LogP contribution in [0.4, 0.5) is 0 Å². The van der Waals surface area contributed by atoms with Crippen molar-refractivity contribution in [3.8, 4) is 11.5 Å². The van der Waals surface area contributed by atoms with Crippen molar-refractivity contribution in [2.24, 2.45) is 5.10 Å². The van der Waals surface area contributed by atoms with Gasteiger partial charge in [-0.3, -0.25) is 4.79 Å². The van der Waals surface area contributed by atoms with Gasteiger partial charge in [0.25, 0.3) is 5.91 Å². The number of benzene rings is 3. The van der Waals surface area contributed by atoms with Crippen molar-refractivity contribution in [1.82, 2.24) is 5.43 Å². The highest BCUT2D eigenvalue weighted by atomic mass is 35.5. The first-order valence-corrected chi connectivity index (χ1v) is 10.4. The second-order valence-corrected chi connectivity index (χ2v) is 7.54. The minimum atomic E-state index is -0.324. The Balaban J connectivity index is 1.44. The van der Waals surface area contributed by atoms with E-state index in [1.54, 1.807) is 30.5 Å². The van der Waals surface area contributed by atoms with Crippen molar-refractivity contribution in [2.45, 2.75) is 20.3 Å². The number of amides is 1. The minimum Gasteiger partial charge on any atom is -0.493 e. The van der Waals surface area contributed by atoms with Gasteiger partial charge in [-0.25, -0.2) is 5.43 Å². The number of carbonyl (C=O) groups is 1. The van der Waals surface area contributed by atoms with E-state index in [1.807, 2.05) is 37.3 Å². The van der Waals surface area contributed by atoms with E-state index in [1.165, 1.54) is 5.56 Å². The van der Waals surface area contributed by atoms with Crippen LogP contribution < -0.4 is 14.9 Å². The average molecular weight is 437 g/mol. The Morgan fingerprint density at radius 1 is 1.00 bits per heavy atom. The first-order chi connectivity index (χ1) is 15.0. The predicted molar refractivity (Wildman–Crippen MR) is 124 cm³/mol. The fraction of sp³-hybridized carbons (Fsp3) is 0.200. The van der Waals surface area contributed by atoms with Gasteiger partial charge in [-0.15, -0.1) is 0 Å². The fourth-order valence-corrected chi connectivity index (χ4v) is 3.03. The third-order valence-corrected chi connectivity index (χ3v) is 4.72. The SMILES string of the molecule is Cc1ccc(C)c(OCCCOc2cccc(/C=N/NC(=O)c3cccc(Cl)c3)c2)c1. The maximum absolute atomic E-state index is 12.1. The lowest BCUT2D eigenvalue weighted by Gasteiger charge is -2.11. The zero-order valence-electron chi connectivity index (χ0n) is 17.6. The van der Waals surface area contributed by atoms with Gasteiger partial charge in [0.05, 0.1) is 19.4 Å². The lowest BCUT2D eigenvalue weighted by atomic mass is 10.1. The Morgan fingerprint density at radius 2 is 1.81 bits per heavy atom. The molecular formula is C25H25ClN2O3. The van der Waals surface area contributed by atoms with E-state index in [-0.39, 0.29) is 5.91 Å². The van der Waals surface area contributed by atoms with Gasteiger partial charge in [0.2, 0.25) is 0 Å². The van der Waals surface area contributed by atoms with Gasteiger partial charge in [0.15, 0.2) is 0 Å². The number of hydrazone groups is 1. The summed E-state index contributed by atoms with van der Waals surface area (Å²) >= 11 is 5.90. The van der Waals surface area contributed by atoms with Crippen molar-refractivity contribution in [1.29, 1.82) is 0 Å². The molecule has 0 aliphatic rings. The van der Waals surface area contributed by atoms with E-state index in [9.17, 15) is 4.79 Å². The molecule has 0 atom stereocenters. The molecule has 0 aliphatic heterocycles. The third kappa shape index (κ3) is 7.15. The van der Waals surface area contributed by atoms with Crippen molar-refractivity contribution in [3.05, 3.63) is 94.0 Å². The molecule has 3 aromatic rings. The molecule has 6 heteroatoms. The summed E-state index contributed by atoms with van der Waals surface area (Å²) in [5, 5.41) is 4.50. The summed E-state index contributed by atoms with van der Waals surface area (Å²) in [5.41, 5.74) is 6.06. The molecule has 0 saturated carbocycles. The highest BCUT2D eigenvalue weighted by molar-refractivity contribution is 6.30. The van der Waals surface area contributed by atoms with Crippen molar-refractivity contribution < 1.29 is 14.3 Å². The predicted octanol–water partition coefficient (Wildman–Crippen LogP) is 5.57. The normalized spacial score (nSPS) is 10.8. The molecule has 31 heavy (non-hydrogen) atoms. The first-order valence-electron chi connectivity index (χ1n) is 10.0. The zero-order valence-corrected chi connectivity index (χ0v) is 18.4. The molecule has 1 amide bonds. The van der Waals surface area contributed by atoms with E-state index in [4.69, 9.17) is 21.1 Å². The molecule has 0 aliphatic carbocycles. The molecule has 0 unspecified atom stereocenters. The van der Waals surface area contributed by atoms with Gasteiger partial charge >= 0.3 is 0 Å². The largest absolute Gasteiger partial charge is 0.493 e. The van der Waals surface area contributed by atoms with Crippen LogP contribution in [0, 0.1) is 13.8 Å². The van der Waals surface area contributed by atoms with E-state index < -0.39 is 0 Å². The lowest BCUT2D eigenvalue weighted by molar-refractivity contribution is 0.0955. The molecule has 0 heterocycles. The molecular weight excluding hydrogens is 412 g/mol. The molecule has 0 bridgehead atoms. The van der Waals surface area contributed by atoms with Gasteiger partial charge in [0.1, 0.15) is 11.5 Å². The van der Waals surface area contributed by atoms with Crippen LogP contribution in [0.1, 0.15) is 33.5 Å². The Morgan fingerprint density at radius 3 is 2.65 bits per heavy atom. The lowest BCUT2D eigenvalue weighted by Crippen LogP contribution is -2.17. The van der Waals surface area contributed by atoms with Crippen LogP contribution in [0.25, 0.3) is 0 Å². The maximum atomic E-state index is 12.1. The maximum Gasteiger partial charge on any atom is 0.271 e. The van der Waals surface area contributed by atoms with Crippen LogP contribution >= 0.6 is 11.6 Å². The molecule has 3 aromatic carbocycles. The molecule has 0 fully saturated rings. The molecule has 0 aromatic heterocycles. The number of halogens is 1. The van der Waals surface area contributed by atoms with Gasteiger partial charge < -0.3 is 9.47 Å². The third-order valence-electron chi connectivity index (χ3n) is 4.48. The van der Waals surface area contributed by atoms with Crippen LogP contribution in [0.15, 0.2) is 71.8 Å². The van der Waals surface area contributed by atoms with Gasteiger partial charge in [-0.2, -0.15) is 5.10 Å². The fourth-order valence-electron chi connectivity index (χ4n) is 2.84. The number of rotatable bonds is 9. The van der Waals surface area contributed by atoms with Crippen molar-refractivity contribution >= 4 is 23.7 Å². The second kappa shape index (κ2) is 11.2. The first kappa shape index (κ1) is 22.4. The van der Waals surface area contributed by atoms with E-state index in [0.717, 1.165) is 29.0 Å². The summed E-state index contributed by atoms with van der Waals surface area (Å²) in [7, 11) is 0. The van der Waals surface area contributed by atoms with Crippen LogP contribution in [0.2, 0.25) is 5.02 Å². The van der Waals surface area contributed by atoms with E-state index in [2.05, 4.69) is 29.6 Å². The van der Waals surface area contributed by atoms with Crippen LogP contribution in [-0.4, -0.2) is 25.3 Å². The summed E-state index contributed by atoms with van der Waals surface area (Å²) < 4.78 is 11.7. The number of nitrogens with zero attached hydrogens (tertiary/aromatic N) is 1. The molecule has 1 N–H and O–H groups in total. The van der Waals surface area contributed by atoms with Crippen LogP contribution in [0.5, 0.6) is 11.5 Å². The Hall–Kier alpha value is -3.31. The minimum absolute atomic E-state index is 0.324. The monoisotopic (exact) mass is 436 g/mol. The standard InChI is InChI=1S/C25H25ClN2O3/c1-18-10-11-19(2)24(14-18)31-13-5-12-30-23-9-3-6-20(15-23)17-27-28-25(29)21-7-4-8-22(26)16-21/h3-4,6-11,14-17H,5,12-13H2,1-2H3,(H,28,29)/b27-17+. The van der Waals surface area contributed by atoms with Gasteiger partial charge in [-0.05, 0) is 66.9 Å². The smallest absolute Gasteiger partial charge is 0.271 e. The number of hydrogen-bond donors (Lipinski definition) is 1. The topological polar surface area (TPSA) is 59.9 Å². The molecule has 3 rings (SSSR count). The van der Waals surface area contributed by atoms with Crippen molar-refractivity contribution in [2.75, 3.05) is 13.2 Å². The molecule has 0 radical (unpaired) electrons. The summed E-state index contributed by atoms with van der Waals surface area (Å²) in [4.78, 5) is 12.1. The molecule has 0 saturated heterocycles. The number of nitrogens with one attached hydrogen (secondary N) is 1. The number of aryl methyl sites for hydroxylation is 2. The number of ether oxygens (including phenoxy) is 2. The summed E-state index contributed by atoms with van der Waals surface area (Å²) in [6.45, 7) is 5.21. The molecule has 5 nitrogen and oxygen atoms in total. The molecule has 160 valence electrons. The van der Waals surface area contributed by atoms with E-state index >= 15 is 0 Å².